The Balaban J connectivity index is 1.81. The highest BCUT2D eigenvalue weighted by molar-refractivity contribution is 6.17. The van der Waals surface area contributed by atoms with Crippen LogP contribution in [0.25, 0.3) is 0 Å². The predicted molar refractivity (Wildman–Crippen MR) is 48.0 cm³/mol. The summed E-state index contributed by atoms with van der Waals surface area (Å²) in [5.41, 5.74) is 0. The molecule has 0 N–H and O–H groups in total. The molecule has 4 bridgehead atoms. The van der Waals surface area contributed by atoms with Gasteiger partial charge in [0, 0.05) is 0 Å². The van der Waals surface area contributed by atoms with Crippen molar-refractivity contribution < 1.29 is 4.74 Å². The molecule has 5 unspecified atom stereocenters. The van der Waals surface area contributed by atoms with E-state index in [0.29, 0.717) is 12.2 Å². The Hall–Kier alpha value is 0.250. The van der Waals surface area contributed by atoms with Crippen LogP contribution in [0.5, 0.6) is 0 Å². The van der Waals surface area contributed by atoms with Crippen LogP contribution in [0.3, 0.4) is 0 Å². The molecule has 0 radical (unpaired) electrons. The summed E-state index contributed by atoms with van der Waals surface area (Å²) in [7, 11) is 0. The lowest BCUT2D eigenvalue weighted by atomic mass is 9.80. The van der Waals surface area contributed by atoms with Crippen LogP contribution < -0.4 is 0 Å². The highest BCUT2D eigenvalue weighted by Gasteiger charge is 2.54. The molecule has 0 aliphatic heterocycles. The van der Waals surface area contributed by atoms with Crippen molar-refractivity contribution in [3.05, 3.63) is 0 Å². The van der Waals surface area contributed by atoms with Crippen LogP contribution in [0, 0.1) is 23.7 Å². The minimum absolute atomic E-state index is 0.398. The van der Waals surface area contributed by atoms with Gasteiger partial charge in [-0.05, 0) is 49.4 Å². The maximum Gasteiger partial charge on any atom is 0.121 e. The zero-order chi connectivity index (χ0) is 8.13. The lowest BCUT2D eigenvalue weighted by molar-refractivity contribution is -0.000123. The summed E-state index contributed by atoms with van der Waals surface area (Å²) in [5, 5.41) is 0. The summed E-state index contributed by atoms with van der Waals surface area (Å²) in [6.45, 7) is 0. The van der Waals surface area contributed by atoms with Gasteiger partial charge in [-0.2, -0.15) is 0 Å². The Morgan fingerprint density at radius 1 is 1.08 bits per heavy atom. The Morgan fingerprint density at radius 2 is 1.92 bits per heavy atom. The number of rotatable bonds is 2. The molecule has 2 heteroatoms. The molecule has 4 saturated carbocycles. The third-order valence-corrected chi connectivity index (χ3v) is 4.36. The van der Waals surface area contributed by atoms with E-state index in [2.05, 4.69) is 0 Å². The molecule has 0 heterocycles. The summed E-state index contributed by atoms with van der Waals surface area (Å²) >= 11 is 5.63. The number of ether oxygens (including phenoxy) is 1. The molecule has 12 heavy (non-hydrogen) atoms. The molecule has 4 rings (SSSR count). The third kappa shape index (κ3) is 0.898. The van der Waals surface area contributed by atoms with Crippen molar-refractivity contribution in [2.75, 3.05) is 6.07 Å². The minimum Gasteiger partial charge on any atom is -0.362 e. The standard InChI is InChI=1S/C10H15ClO/c11-5-12-10-8-2-6-1-7(4-8)9(10)3-6/h6-10H,1-5H2. The molecule has 4 fully saturated rings. The summed E-state index contributed by atoms with van der Waals surface area (Å²) < 4.78 is 5.63. The van der Waals surface area contributed by atoms with Gasteiger partial charge in [-0.3, -0.25) is 0 Å². The topological polar surface area (TPSA) is 9.23 Å². The molecule has 0 aromatic carbocycles. The van der Waals surface area contributed by atoms with E-state index in [1.807, 2.05) is 0 Å². The average molecular weight is 187 g/mol. The van der Waals surface area contributed by atoms with Crippen molar-refractivity contribution in [1.82, 2.24) is 0 Å². The van der Waals surface area contributed by atoms with Crippen LogP contribution in [0.1, 0.15) is 25.7 Å². The van der Waals surface area contributed by atoms with E-state index in [1.165, 1.54) is 25.7 Å². The van der Waals surface area contributed by atoms with Crippen molar-refractivity contribution in [3.63, 3.8) is 0 Å². The number of hydrogen-bond acceptors (Lipinski definition) is 1. The number of hydrogen-bond donors (Lipinski definition) is 0. The summed E-state index contributed by atoms with van der Waals surface area (Å²) in [5.74, 6) is 3.80. The molecule has 5 atom stereocenters. The minimum atomic E-state index is 0.398. The summed E-state index contributed by atoms with van der Waals surface area (Å²) in [6.07, 6.45) is 6.31. The van der Waals surface area contributed by atoms with Crippen molar-refractivity contribution in [2.45, 2.75) is 31.8 Å². The lowest BCUT2D eigenvalue weighted by Crippen LogP contribution is -2.30. The van der Waals surface area contributed by atoms with Gasteiger partial charge in [0.15, 0.2) is 0 Å². The van der Waals surface area contributed by atoms with Gasteiger partial charge < -0.3 is 4.74 Å². The Labute approximate surface area is 78.4 Å². The first-order chi connectivity index (χ1) is 5.88. The van der Waals surface area contributed by atoms with Gasteiger partial charge in [0.1, 0.15) is 6.07 Å². The van der Waals surface area contributed by atoms with E-state index in [-0.39, 0.29) is 0 Å². The summed E-state index contributed by atoms with van der Waals surface area (Å²) in [4.78, 5) is 0. The fraction of sp³-hybridized carbons (Fsp3) is 1.00. The Bertz CT molecular complexity index is 190. The van der Waals surface area contributed by atoms with Crippen LogP contribution in [-0.4, -0.2) is 12.2 Å². The van der Waals surface area contributed by atoms with Crippen molar-refractivity contribution >= 4 is 11.6 Å². The van der Waals surface area contributed by atoms with Crippen molar-refractivity contribution in [3.8, 4) is 0 Å². The quantitative estimate of drug-likeness (QED) is 0.603. The van der Waals surface area contributed by atoms with E-state index in [0.717, 1.165) is 23.7 Å². The first-order valence-corrected chi connectivity index (χ1v) is 5.59. The normalized spacial score (nSPS) is 55.2. The second-order valence-electron chi connectivity index (χ2n) is 4.73. The van der Waals surface area contributed by atoms with Crippen molar-refractivity contribution in [1.29, 1.82) is 0 Å². The lowest BCUT2D eigenvalue weighted by Gasteiger charge is -2.31. The van der Waals surface area contributed by atoms with Gasteiger partial charge >= 0.3 is 0 Å². The number of alkyl halides is 1. The Morgan fingerprint density at radius 3 is 2.67 bits per heavy atom. The molecule has 0 spiro atoms. The van der Waals surface area contributed by atoms with Gasteiger partial charge in [-0.1, -0.05) is 11.6 Å². The molecule has 68 valence electrons. The molecular formula is C10H15ClO. The molecule has 1 nitrogen and oxygen atoms in total. The maximum atomic E-state index is 5.63. The van der Waals surface area contributed by atoms with Gasteiger partial charge in [0.2, 0.25) is 0 Å². The zero-order valence-electron chi connectivity index (χ0n) is 7.21. The molecule has 0 aromatic rings. The van der Waals surface area contributed by atoms with E-state index < -0.39 is 0 Å². The highest BCUT2D eigenvalue weighted by atomic mass is 35.5. The monoisotopic (exact) mass is 186 g/mol. The second-order valence-corrected chi connectivity index (χ2v) is 4.95. The van der Waals surface area contributed by atoms with Crippen LogP contribution in [0.2, 0.25) is 0 Å². The van der Waals surface area contributed by atoms with Crippen LogP contribution in [0.4, 0.5) is 0 Å². The second kappa shape index (κ2) is 2.62. The van der Waals surface area contributed by atoms with E-state index >= 15 is 0 Å². The largest absolute Gasteiger partial charge is 0.362 e. The van der Waals surface area contributed by atoms with E-state index in [9.17, 15) is 0 Å². The van der Waals surface area contributed by atoms with Crippen LogP contribution >= 0.6 is 11.6 Å². The van der Waals surface area contributed by atoms with Crippen molar-refractivity contribution in [2.24, 2.45) is 23.7 Å². The fourth-order valence-electron chi connectivity index (χ4n) is 4.01. The van der Waals surface area contributed by atoms with E-state index in [4.69, 9.17) is 16.3 Å². The molecule has 0 saturated heterocycles. The summed E-state index contributed by atoms with van der Waals surface area (Å²) in [6, 6.07) is 0.398. The number of halogens is 1. The Kier molecular flexibility index (Phi) is 1.67. The van der Waals surface area contributed by atoms with Crippen LogP contribution in [0.15, 0.2) is 0 Å². The molecule has 4 aliphatic carbocycles. The fourth-order valence-corrected chi connectivity index (χ4v) is 4.15. The van der Waals surface area contributed by atoms with Gasteiger partial charge in [0.05, 0.1) is 6.10 Å². The average Bonchev–Trinajstić information content (AvgIpc) is 2.46. The van der Waals surface area contributed by atoms with Gasteiger partial charge in [0.25, 0.3) is 0 Å². The van der Waals surface area contributed by atoms with Gasteiger partial charge in [-0.25, -0.2) is 0 Å². The SMILES string of the molecule is ClCOC1C2CC3CC(C2)C1C3. The van der Waals surface area contributed by atoms with Crippen LogP contribution in [-0.2, 0) is 4.74 Å². The first-order valence-electron chi connectivity index (χ1n) is 5.06. The first kappa shape index (κ1) is 7.64. The van der Waals surface area contributed by atoms with E-state index in [1.54, 1.807) is 0 Å². The smallest absolute Gasteiger partial charge is 0.121 e. The molecule has 0 amide bonds. The maximum absolute atomic E-state index is 5.63. The predicted octanol–water partition coefficient (Wildman–Crippen LogP) is 2.63. The molecular weight excluding hydrogens is 172 g/mol. The highest BCUT2D eigenvalue weighted by Crippen LogP contribution is 2.58. The third-order valence-electron chi connectivity index (χ3n) is 4.23. The molecule has 0 aromatic heterocycles. The van der Waals surface area contributed by atoms with Gasteiger partial charge in [-0.15, -0.1) is 0 Å². The molecule has 4 aliphatic rings. The zero-order valence-corrected chi connectivity index (χ0v) is 7.96.